The molecule has 3 atom stereocenters. The third-order valence-corrected chi connectivity index (χ3v) is 6.70. The first kappa shape index (κ1) is 21.1. The maximum absolute atomic E-state index is 13.1. The molecule has 4 rings (SSSR count). The lowest BCUT2D eigenvalue weighted by Crippen LogP contribution is -2.52. The van der Waals surface area contributed by atoms with E-state index < -0.39 is 0 Å². The highest BCUT2D eigenvalue weighted by atomic mass is 35.5. The highest BCUT2D eigenvalue weighted by Gasteiger charge is 2.38. The number of nitrogens with one attached hydrogen (secondary N) is 1. The summed E-state index contributed by atoms with van der Waals surface area (Å²) in [4.78, 5) is 29.9. The molecule has 0 saturated carbocycles. The second kappa shape index (κ2) is 8.83. The van der Waals surface area contributed by atoms with Gasteiger partial charge >= 0.3 is 0 Å². The minimum Gasteiger partial charge on any atom is -0.342 e. The zero-order valence-electron chi connectivity index (χ0n) is 16.9. The molecule has 0 aliphatic carbocycles. The van der Waals surface area contributed by atoms with Crippen LogP contribution >= 0.6 is 12.4 Å². The summed E-state index contributed by atoms with van der Waals surface area (Å²) in [5.74, 6) is 0.212. The predicted octanol–water partition coefficient (Wildman–Crippen LogP) is 3.01. The Morgan fingerprint density at radius 3 is 2.36 bits per heavy atom. The lowest BCUT2D eigenvalue weighted by atomic mass is 9.93. The molecular weight excluding hydrogens is 374 g/mol. The van der Waals surface area contributed by atoms with E-state index in [1.165, 1.54) is 12.8 Å². The summed E-state index contributed by atoms with van der Waals surface area (Å²) < 4.78 is 0. The highest BCUT2D eigenvalue weighted by molar-refractivity contribution is 5.94. The number of amides is 2. The van der Waals surface area contributed by atoms with Crippen molar-refractivity contribution in [2.24, 2.45) is 5.92 Å². The molecule has 3 heterocycles. The Kier molecular flexibility index (Phi) is 6.66. The predicted molar refractivity (Wildman–Crippen MR) is 113 cm³/mol. The number of likely N-dealkylation sites (tertiary alicyclic amines) is 1. The van der Waals surface area contributed by atoms with Gasteiger partial charge in [0.2, 0.25) is 5.91 Å². The Labute approximate surface area is 174 Å². The van der Waals surface area contributed by atoms with Gasteiger partial charge in [0, 0.05) is 43.8 Å². The molecule has 1 N–H and O–H groups in total. The van der Waals surface area contributed by atoms with Crippen LogP contribution in [0, 0.1) is 12.8 Å². The van der Waals surface area contributed by atoms with E-state index in [0.717, 1.165) is 43.4 Å². The number of nitrogens with zero attached hydrogens (tertiary/aromatic N) is 2. The van der Waals surface area contributed by atoms with E-state index in [1.807, 2.05) is 48.0 Å². The molecule has 1 aromatic rings. The van der Waals surface area contributed by atoms with Crippen molar-refractivity contribution in [3.8, 4) is 0 Å². The van der Waals surface area contributed by atoms with Gasteiger partial charge in [-0.15, -0.1) is 12.4 Å². The van der Waals surface area contributed by atoms with E-state index in [0.29, 0.717) is 24.7 Å². The first-order valence-corrected chi connectivity index (χ1v) is 10.4. The third kappa shape index (κ3) is 4.36. The molecule has 0 radical (unpaired) electrons. The number of hydrogen-bond donors (Lipinski definition) is 1. The molecule has 3 fully saturated rings. The molecule has 0 aromatic heterocycles. The number of carbonyl (C=O) groups is 2. The van der Waals surface area contributed by atoms with E-state index in [-0.39, 0.29) is 30.1 Å². The van der Waals surface area contributed by atoms with Gasteiger partial charge in [0.05, 0.1) is 5.92 Å². The number of rotatable bonds is 3. The SMILES string of the molecule is Cc1ccc(C(=O)N2CCCC(C(=O)N(C)C3CC4CCC(C3)N4)C2)cc1.Cl. The molecule has 3 unspecified atom stereocenters. The first-order chi connectivity index (χ1) is 13.0. The standard InChI is InChI=1S/C22H31N3O2.ClH/c1-15-5-7-16(8-6-15)22(27)25-11-3-4-17(14-25)21(26)24(2)20-12-18-9-10-19(13-20)23-18;/h5-8,17-20,23H,3-4,9-14H2,1-2H3;1H. The van der Waals surface area contributed by atoms with Crippen molar-refractivity contribution in [2.45, 2.75) is 63.6 Å². The molecule has 3 aliphatic rings. The van der Waals surface area contributed by atoms with Crippen molar-refractivity contribution in [1.82, 2.24) is 15.1 Å². The minimum atomic E-state index is -0.0642. The fourth-order valence-corrected chi connectivity index (χ4v) is 5.05. The lowest BCUT2D eigenvalue weighted by Gasteiger charge is -2.39. The smallest absolute Gasteiger partial charge is 0.253 e. The Hall–Kier alpha value is -1.59. The second-order valence-corrected chi connectivity index (χ2v) is 8.67. The molecule has 28 heavy (non-hydrogen) atoms. The van der Waals surface area contributed by atoms with Crippen LogP contribution in [0.15, 0.2) is 24.3 Å². The molecule has 154 valence electrons. The third-order valence-electron chi connectivity index (χ3n) is 6.70. The van der Waals surface area contributed by atoms with Crippen molar-refractivity contribution in [3.63, 3.8) is 0 Å². The van der Waals surface area contributed by atoms with E-state index >= 15 is 0 Å². The van der Waals surface area contributed by atoms with Gasteiger partial charge < -0.3 is 15.1 Å². The molecular formula is C22H32ClN3O2. The number of piperidine rings is 2. The monoisotopic (exact) mass is 405 g/mol. The summed E-state index contributed by atoms with van der Waals surface area (Å²) in [7, 11) is 1.97. The summed E-state index contributed by atoms with van der Waals surface area (Å²) in [5.41, 5.74) is 1.87. The van der Waals surface area contributed by atoms with Gasteiger partial charge in [0.1, 0.15) is 0 Å². The highest BCUT2D eigenvalue weighted by Crippen LogP contribution is 2.30. The van der Waals surface area contributed by atoms with Gasteiger partial charge in [-0.3, -0.25) is 9.59 Å². The van der Waals surface area contributed by atoms with Crippen LogP contribution in [0.1, 0.15) is 54.4 Å². The normalized spacial score (nSPS) is 29.1. The number of fused-ring (bicyclic) bond motifs is 2. The summed E-state index contributed by atoms with van der Waals surface area (Å²) in [6, 6.07) is 9.22. The largest absolute Gasteiger partial charge is 0.342 e. The summed E-state index contributed by atoms with van der Waals surface area (Å²) in [5, 5.41) is 3.65. The Morgan fingerprint density at radius 2 is 1.71 bits per heavy atom. The minimum absolute atomic E-state index is 0. The van der Waals surface area contributed by atoms with Crippen LogP contribution < -0.4 is 5.32 Å². The quantitative estimate of drug-likeness (QED) is 0.840. The van der Waals surface area contributed by atoms with Crippen LogP contribution in [-0.4, -0.2) is 59.9 Å². The van der Waals surface area contributed by atoms with Crippen LogP contribution in [0.3, 0.4) is 0 Å². The number of halogens is 1. The van der Waals surface area contributed by atoms with Gasteiger partial charge in [0.25, 0.3) is 5.91 Å². The molecule has 6 heteroatoms. The van der Waals surface area contributed by atoms with E-state index in [2.05, 4.69) is 5.32 Å². The maximum atomic E-state index is 13.1. The first-order valence-electron chi connectivity index (χ1n) is 10.4. The summed E-state index contributed by atoms with van der Waals surface area (Å²) >= 11 is 0. The molecule has 0 spiro atoms. The molecule has 2 bridgehead atoms. The average Bonchev–Trinajstić information content (AvgIpc) is 3.04. The zero-order chi connectivity index (χ0) is 19.0. The topological polar surface area (TPSA) is 52.7 Å². The van der Waals surface area contributed by atoms with Crippen molar-refractivity contribution < 1.29 is 9.59 Å². The Morgan fingerprint density at radius 1 is 1.07 bits per heavy atom. The van der Waals surface area contributed by atoms with Crippen LogP contribution in [0.5, 0.6) is 0 Å². The van der Waals surface area contributed by atoms with Gasteiger partial charge in [0.15, 0.2) is 0 Å². The molecule has 1 aromatic carbocycles. The van der Waals surface area contributed by atoms with Crippen molar-refractivity contribution in [3.05, 3.63) is 35.4 Å². The summed E-state index contributed by atoms with van der Waals surface area (Å²) in [6.45, 7) is 3.32. The number of benzene rings is 1. The number of hydrogen-bond acceptors (Lipinski definition) is 3. The van der Waals surface area contributed by atoms with E-state index in [4.69, 9.17) is 0 Å². The molecule has 3 saturated heterocycles. The number of aryl methyl sites for hydroxylation is 1. The molecule has 5 nitrogen and oxygen atoms in total. The summed E-state index contributed by atoms with van der Waals surface area (Å²) in [6.07, 6.45) is 6.41. The van der Waals surface area contributed by atoms with Crippen LogP contribution in [0.25, 0.3) is 0 Å². The lowest BCUT2D eigenvalue weighted by molar-refractivity contribution is -0.138. The van der Waals surface area contributed by atoms with Gasteiger partial charge in [-0.05, 0) is 57.6 Å². The van der Waals surface area contributed by atoms with Gasteiger partial charge in [-0.1, -0.05) is 17.7 Å². The molecule has 3 aliphatic heterocycles. The van der Waals surface area contributed by atoms with Crippen molar-refractivity contribution in [1.29, 1.82) is 0 Å². The fourth-order valence-electron chi connectivity index (χ4n) is 5.05. The van der Waals surface area contributed by atoms with Crippen LogP contribution in [-0.2, 0) is 4.79 Å². The van der Waals surface area contributed by atoms with E-state index in [9.17, 15) is 9.59 Å². The van der Waals surface area contributed by atoms with Crippen LogP contribution in [0.4, 0.5) is 0 Å². The zero-order valence-corrected chi connectivity index (χ0v) is 17.7. The maximum Gasteiger partial charge on any atom is 0.253 e. The van der Waals surface area contributed by atoms with Gasteiger partial charge in [-0.2, -0.15) is 0 Å². The van der Waals surface area contributed by atoms with Crippen molar-refractivity contribution >= 4 is 24.2 Å². The van der Waals surface area contributed by atoms with Gasteiger partial charge in [-0.25, -0.2) is 0 Å². The number of carbonyl (C=O) groups excluding carboxylic acids is 2. The van der Waals surface area contributed by atoms with Crippen molar-refractivity contribution in [2.75, 3.05) is 20.1 Å². The average molecular weight is 406 g/mol. The van der Waals surface area contributed by atoms with Crippen LogP contribution in [0.2, 0.25) is 0 Å². The molecule has 2 amide bonds. The van der Waals surface area contributed by atoms with E-state index in [1.54, 1.807) is 0 Å². The Balaban J connectivity index is 0.00000225. The fraction of sp³-hybridized carbons (Fsp3) is 0.636. The Bertz CT molecular complexity index is 696. The second-order valence-electron chi connectivity index (χ2n) is 8.67.